The first-order valence-electron chi connectivity index (χ1n) is 5.82. The number of benzene rings is 1. The van der Waals surface area contributed by atoms with E-state index in [0.29, 0.717) is 11.6 Å². The van der Waals surface area contributed by atoms with Gasteiger partial charge in [-0.15, -0.1) is 10.2 Å². The van der Waals surface area contributed by atoms with Crippen molar-refractivity contribution in [3.63, 3.8) is 0 Å². The molecular formula is C13H15N3O3. The lowest BCUT2D eigenvalue weighted by Gasteiger charge is -2.18. The standard InChI is InChI=1S/C13H15N3O3/c1-9(13(17)16(2)3)19-11-6-4-10(5-7-11)12-15-14-8-18-12/h4-9H,1-3H3/t9-/m1/s1. The average molecular weight is 261 g/mol. The summed E-state index contributed by atoms with van der Waals surface area (Å²) in [4.78, 5) is 13.2. The summed E-state index contributed by atoms with van der Waals surface area (Å²) in [5.41, 5.74) is 0.802. The molecule has 1 aromatic carbocycles. The number of hydrogen-bond donors (Lipinski definition) is 0. The molecule has 100 valence electrons. The van der Waals surface area contributed by atoms with Crippen LogP contribution in [0.1, 0.15) is 6.92 Å². The molecule has 2 aromatic rings. The minimum Gasteiger partial charge on any atom is -0.481 e. The van der Waals surface area contributed by atoms with Crippen molar-refractivity contribution in [3.05, 3.63) is 30.7 Å². The van der Waals surface area contributed by atoms with Crippen LogP contribution in [0.4, 0.5) is 0 Å². The van der Waals surface area contributed by atoms with Gasteiger partial charge in [-0.05, 0) is 31.2 Å². The van der Waals surface area contributed by atoms with Crippen molar-refractivity contribution in [2.75, 3.05) is 14.1 Å². The van der Waals surface area contributed by atoms with Crippen molar-refractivity contribution >= 4 is 5.91 Å². The minimum absolute atomic E-state index is 0.0824. The molecule has 0 radical (unpaired) electrons. The van der Waals surface area contributed by atoms with Crippen molar-refractivity contribution in [2.45, 2.75) is 13.0 Å². The number of carbonyl (C=O) groups is 1. The van der Waals surface area contributed by atoms with Crippen molar-refractivity contribution in [3.8, 4) is 17.2 Å². The minimum atomic E-state index is -0.524. The van der Waals surface area contributed by atoms with Gasteiger partial charge in [-0.2, -0.15) is 0 Å². The highest BCUT2D eigenvalue weighted by Gasteiger charge is 2.16. The summed E-state index contributed by atoms with van der Waals surface area (Å²) in [5, 5.41) is 7.42. The topological polar surface area (TPSA) is 68.5 Å². The predicted octanol–water partition coefficient (Wildman–Crippen LogP) is 1.59. The second-order valence-electron chi connectivity index (χ2n) is 4.26. The maximum atomic E-state index is 11.7. The van der Waals surface area contributed by atoms with Gasteiger partial charge in [0, 0.05) is 19.7 Å². The molecule has 0 N–H and O–H groups in total. The van der Waals surface area contributed by atoms with Crippen LogP contribution in [0.25, 0.3) is 11.5 Å². The fourth-order valence-corrected chi connectivity index (χ4v) is 1.59. The fourth-order valence-electron chi connectivity index (χ4n) is 1.59. The first-order valence-corrected chi connectivity index (χ1v) is 5.82. The summed E-state index contributed by atoms with van der Waals surface area (Å²) in [7, 11) is 3.39. The Hall–Kier alpha value is -2.37. The van der Waals surface area contributed by atoms with Crippen LogP contribution in [0, 0.1) is 0 Å². The van der Waals surface area contributed by atoms with Crippen LogP contribution in [-0.2, 0) is 4.79 Å². The molecule has 0 bridgehead atoms. The van der Waals surface area contributed by atoms with Crippen LogP contribution in [-0.4, -0.2) is 41.2 Å². The fraction of sp³-hybridized carbons (Fsp3) is 0.308. The monoisotopic (exact) mass is 261 g/mol. The number of ether oxygens (including phenoxy) is 1. The van der Waals surface area contributed by atoms with Crippen molar-refractivity contribution < 1.29 is 13.9 Å². The van der Waals surface area contributed by atoms with E-state index >= 15 is 0 Å². The molecule has 6 heteroatoms. The van der Waals surface area contributed by atoms with Gasteiger partial charge in [0.05, 0.1) is 0 Å². The van der Waals surface area contributed by atoms with Crippen LogP contribution in [0.2, 0.25) is 0 Å². The second-order valence-corrected chi connectivity index (χ2v) is 4.26. The molecule has 1 heterocycles. The van der Waals surface area contributed by atoms with Gasteiger partial charge in [-0.25, -0.2) is 0 Å². The third-order valence-corrected chi connectivity index (χ3v) is 2.56. The highest BCUT2D eigenvalue weighted by molar-refractivity contribution is 5.80. The van der Waals surface area contributed by atoms with Gasteiger partial charge in [0.2, 0.25) is 12.3 Å². The van der Waals surface area contributed by atoms with Gasteiger partial charge >= 0.3 is 0 Å². The van der Waals surface area contributed by atoms with Gasteiger partial charge in [0.15, 0.2) is 6.10 Å². The molecule has 6 nitrogen and oxygen atoms in total. The second kappa shape index (κ2) is 5.51. The molecule has 0 spiro atoms. The normalized spacial score (nSPS) is 11.9. The molecule has 0 aliphatic rings. The summed E-state index contributed by atoms with van der Waals surface area (Å²) < 4.78 is 10.6. The van der Waals surface area contributed by atoms with E-state index in [4.69, 9.17) is 9.15 Å². The van der Waals surface area contributed by atoms with Crippen LogP contribution in [0.15, 0.2) is 35.1 Å². The van der Waals surface area contributed by atoms with E-state index in [2.05, 4.69) is 10.2 Å². The third kappa shape index (κ3) is 3.09. The maximum Gasteiger partial charge on any atom is 0.262 e. The summed E-state index contributed by atoms with van der Waals surface area (Å²) in [6.07, 6.45) is 0.752. The molecule has 1 atom stereocenters. The van der Waals surface area contributed by atoms with Gasteiger partial charge in [0.25, 0.3) is 5.91 Å². The summed E-state index contributed by atoms with van der Waals surface area (Å²) in [6.45, 7) is 1.72. The Morgan fingerprint density at radius 3 is 2.53 bits per heavy atom. The molecule has 19 heavy (non-hydrogen) atoms. The number of amides is 1. The van der Waals surface area contributed by atoms with Crippen molar-refractivity contribution in [1.82, 2.24) is 15.1 Å². The summed E-state index contributed by atoms with van der Waals surface area (Å²) in [5.74, 6) is 0.982. The first kappa shape index (κ1) is 13.1. The van der Waals surface area contributed by atoms with E-state index in [1.54, 1.807) is 45.3 Å². The Balaban J connectivity index is 2.05. The van der Waals surface area contributed by atoms with Gasteiger partial charge in [-0.3, -0.25) is 4.79 Å². The Kier molecular flexibility index (Phi) is 3.79. The molecule has 0 aliphatic carbocycles. The SMILES string of the molecule is C[C@@H](Oc1ccc(-c2nnco2)cc1)C(=O)N(C)C. The Morgan fingerprint density at radius 2 is 2.00 bits per heavy atom. The molecule has 0 saturated heterocycles. The van der Waals surface area contributed by atoms with Crippen LogP contribution in [0.3, 0.4) is 0 Å². The van der Waals surface area contributed by atoms with Gasteiger partial charge in [-0.1, -0.05) is 0 Å². The highest BCUT2D eigenvalue weighted by Crippen LogP contribution is 2.21. The van der Waals surface area contributed by atoms with Gasteiger partial charge < -0.3 is 14.1 Å². The molecule has 0 saturated carbocycles. The van der Waals surface area contributed by atoms with Crippen LogP contribution in [0.5, 0.6) is 5.75 Å². The summed E-state index contributed by atoms with van der Waals surface area (Å²) >= 11 is 0. The van der Waals surface area contributed by atoms with E-state index in [0.717, 1.165) is 5.56 Å². The molecule has 0 aliphatic heterocycles. The molecule has 1 aromatic heterocycles. The molecular weight excluding hydrogens is 246 g/mol. The summed E-state index contributed by atoms with van der Waals surface area (Å²) in [6, 6.07) is 7.13. The van der Waals surface area contributed by atoms with E-state index in [-0.39, 0.29) is 5.91 Å². The number of nitrogens with zero attached hydrogens (tertiary/aromatic N) is 3. The lowest BCUT2D eigenvalue weighted by atomic mass is 10.2. The Labute approximate surface area is 111 Å². The average Bonchev–Trinajstić information content (AvgIpc) is 2.92. The number of carbonyl (C=O) groups excluding carboxylic acids is 1. The number of rotatable bonds is 4. The van der Waals surface area contributed by atoms with E-state index in [1.807, 2.05) is 0 Å². The molecule has 2 rings (SSSR count). The third-order valence-electron chi connectivity index (χ3n) is 2.56. The predicted molar refractivity (Wildman–Crippen MR) is 68.5 cm³/mol. The van der Waals surface area contributed by atoms with Gasteiger partial charge in [0.1, 0.15) is 5.75 Å². The zero-order chi connectivity index (χ0) is 13.8. The first-order chi connectivity index (χ1) is 9.08. The molecule has 0 unspecified atom stereocenters. The van der Waals surface area contributed by atoms with E-state index < -0.39 is 6.10 Å². The Bertz CT molecular complexity index is 535. The zero-order valence-electron chi connectivity index (χ0n) is 11.0. The lowest BCUT2D eigenvalue weighted by Crippen LogP contribution is -2.35. The molecule has 1 amide bonds. The number of likely N-dealkylation sites (N-methyl/N-ethyl adjacent to an activating group) is 1. The quantitative estimate of drug-likeness (QED) is 0.836. The Morgan fingerprint density at radius 1 is 1.32 bits per heavy atom. The lowest BCUT2D eigenvalue weighted by molar-refractivity contribution is -0.135. The maximum absolute atomic E-state index is 11.7. The van der Waals surface area contributed by atoms with E-state index in [1.165, 1.54) is 11.3 Å². The number of hydrogen-bond acceptors (Lipinski definition) is 5. The largest absolute Gasteiger partial charge is 0.481 e. The number of aromatic nitrogens is 2. The smallest absolute Gasteiger partial charge is 0.262 e. The van der Waals surface area contributed by atoms with Crippen LogP contribution >= 0.6 is 0 Å². The molecule has 0 fully saturated rings. The van der Waals surface area contributed by atoms with E-state index in [9.17, 15) is 4.79 Å². The van der Waals surface area contributed by atoms with Crippen molar-refractivity contribution in [1.29, 1.82) is 0 Å². The zero-order valence-corrected chi connectivity index (χ0v) is 11.0. The van der Waals surface area contributed by atoms with Crippen molar-refractivity contribution in [2.24, 2.45) is 0 Å². The highest BCUT2D eigenvalue weighted by atomic mass is 16.5. The van der Waals surface area contributed by atoms with Crippen LogP contribution < -0.4 is 4.74 Å².